The SMILES string of the molecule is Ic1ccc([Si](c2ccccc2)(c2ccccc2)c2cccc(-n3c4ccccc4c4ccccc43)c2)cc1-n1c2ccccc2c2ccc([Si](c3ccccc3)(c3ccccc3)c3ccccc3)cc21. The van der Waals surface area contributed by atoms with Gasteiger partial charge in [0.25, 0.3) is 0 Å². The highest BCUT2D eigenvalue weighted by Crippen LogP contribution is 2.35. The second-order valence-corrected chi connectivity index (χ2v) is 27.3. The molecule has 13 aromatic rings. The minimum absolute atomic E-state index is 1.16. The largest absolute Gasteiger partial charge is 0.309 e. The van der Waals surface area contributed by atoms with E-state index in [1.165, 1.54) is 94.4 Å². The van der Waals surface area contributed by atoms with Gasteiger partial charge in [-0.25, -0.2) is 0 Å². The third-order valence-corrected chi connectivity index (χ3v) is 25.3. The van der Waals surface area contributed by atoms with Gasteiger partial charge in [0.1, 0.15) is 0 Å². The van der Waals surface area contributed by atoms with Gasteiger partial charge in [-0.2, -0.15) is 0 Å². The van der Waals surface area contributed by atoms with Crippen molar-refractivity contribution in [3.63, 3.8) is 0 Å². The summed E-state index contributed by atoms with van der Waals surface area (Å²) in [5.74, 6) is 0. The first-order chi connectivity index (χ1) is 35.2. The average Bonchev–Trinajstić information content (AvgIpc) is 3.96. The van der Waals surface area contributed by atoms with Crippen LogP contribution in [0.4, 0.5) is 0 Å². The molecule has 0 aliphatic rings. The van der Waals surface area contributed by atoms with Crippen LogP contribution < -0.4 is 41.5 Å². The molecule has 0 amide bonds. The number of hydrogen-bond acceptors (Lipinski definition) is 0. The monoisotopic (exact) mass is 1050 g/mol. The van der Waals surface area contributed by atoms with Crippen molar-refractivity contribution in [2.24, 2.45) is 0 Å². The summed E-state index contributed by atoms with van der Waals surface area (Å²) in [6, 6.07) is 107. The molecule has 0 saturated carbocycles. The van der Waals surface area contributed by atoms with Gasteiger partial charge in [-0.1, -0.05) is 237 Å². The van der Waals surface area contributed by atoms with E-state index >= 15 is 0 Å². The summed E-state index contributed by atoms with van der Waals surface area (Å²) < 4.78 is 6.23. The molecule has 0 unspecified atom stereocenters. The van der Waals surface area contributed by atoms with Gasteiger partial charge >= 0.3 is 0 Å². The first-order valence-corrected chi connectivity index (χ1v) is 29.4. The third kappa shape index (κ3) is 6.86. The predicted molar refractivity (Wildman–Crippen MR) is 315 cm³/mol. The first kappa shape index (κ1) is 43.2. The van der Waals surface area contributed by atoms with Crippen LogP contribution >= 0.6 is 22.6 Å². The molecule has 0 spiro atoms. The Morgan fingerprint density at radius 3 is 1.04 bits per heavy atom. The van der Waals surface area contributed by atoms with Crippen molar-refractivity contribution in [3.8, 4) is 11.4 Å². The summed E-state index contributed by atoms with van der Waals surface area (Å²) in [6.45, 7) is 0. The highest BCUT2D eigenvalue weighted by molar-refractivity contribution is 14.1. The van der Waals surface area contributed by atoms with Crippen LogP contribution in [0.2, 0.25) is 0 Å². The minimum atomic E-state index is -3.08. The van der Waals surface area contributed by atoms with Crippen LogP contribution in [0, 0.1) is 3.57 Å². The summed E-state index contributed by atoms with van der Waals surface area (Å²) >= 11 is 2.60. The molecule has 11 aromatic carbocycles. The smallest absolute Gasteiger partial charge is 0.179 e. The molecular formula is C66H47IN2Si2. The van der Waals surface area contributed by atoms with E-state index in [-0.39, 0.29) is 0 Å². The second-order valence-electron chi connectivity index (χ2n) is 18.5. The normalized spacial score (nSPS) is 12.0. The fraction of sp³-hybridized carbons (Fsp3) is 0. The van der Waals surface area contributed by atoms with Crippen LogP contribution in [0.15, 0.2) is 285 Å². The Morgan fingerprint density at radius 1 is 0.239 bits per heavy atom. The first-order valence-electron chi connectivity index (χ1n) is 24.4. The van der Waals surface area contributed by atoms with Crippen LogP contribution in [0.3, 0.4) is 0 Å². The maximum Gasteiger partial charge on any atom is 0.179 e. The highest BCUT2D eigenvalue weighted by atomic mass is 127. The van der Waals surface area contributed by atoms with E-state index in [0.29, 0.717) is 0 Å². The van der Waals surface area contributed by atoms with Crippen molar-refractivity contribution in [2.45, 2.75) is 0 Å². The molecule has 0 radical (unpaired) electrons. The van der Waals surface area contributed by atoms with Crippen LogP contribution in [0.5, 0.6) is 0 Å². The molecule has 5 heteroatoms. The van der Waals surface area contributed by atoms with Crippen LogP contribution in [0.1, 0.15) is 0 Å². The van der Waals surface area contributed by atoms with Gasteiger partial charge in [-0.05, 0) is 113 Å². The predicted octanol–water partition coefficient (Wildman–Crippen LogP) is 11.2. The van der Waals surface area contributed by atoms with E-state index in [0.717, 1.165) is 5.69 Å². The lowest BCUT2D eigenvalue weighted by molar-refractivity contribution is 1.17. The topological polar surface area (TPSA) is 9.86 Å². The summed E-state index contributed by atoms with van der Waals surface area (Å²) in [7, 11) is -5.93. The molecule has 336 valence electrons. The van der Waals surface area contributed by atoms with Crippen molar-refractivity contribution in [1.82, 2.24) is 9.13 Å². The van der Waals surface area contributed by atoms with Gasteiger partial charge in [-0.3, -0.25) is 0 Å². The Hall–Kier alpha value is -7.82. The molecule has 13 rings (SSSR count). The van der Waals surface area contributed by atoms with Gasteiger partial charge in [0.2, 0.25) is 0 Å². The van der Waals surface area contributed by atoms with Gasteiger partial charge in [0, 0.05) is 30.8 Å². The van der Waals surface area contributed by atoms with E-state index in [2.05, 4.69) is 317 Å². The number of aromatic nitrogens is 2. The number of fused-ring (bicyclic) bond motifs is 6. The minimum Gasteiger partial charge on any atom is -0.309 e. The summed E-state index contributed by atoms with van der Waals surface area (Å²) in [5, 5.41) is 15.8. The number of benzene rings is 11. The van der Waals surface area contributed by atoms with E-state index in [9.17, 15) is 0 Å². The van der Waals surface area contributed by atoms with E-state index in [1.807, 2.05) is 0 Å². The molecule has 0 saturated heterocycles. The number of halogens is 1. The molecule has 0 bridgehead atoms. The molecule has 2 nitrogen and oxygen atoms in total. The van der Waals surface area contributed by atoms with Crippen molar-refractivity contribution in [2.75, 3.05) is 0 Å². The highest BCUT2D eigenvalue weighted by Gasteiger charge is 2.43. The molecule has 71 heavy (non-hydrogen) atoms. The molecular weight excluding hydrogens is 1000 g/mol. The Labute approximate surface area is 429 Å². The van der Waals surface area contributed by atoms with Crippen LogP contribution in [0.25, 0.3) is 55.0 Å². The molecule has 0 atom stereocenters. The Bertz CT molecular complexity index is 3870. The molecule has 2 aromatic heterocycles. The summed E-state index contributed by atoms with van der Waals surface area (Å²) in [4.78, 5) is 0. The Morgan fingerprint density at radius 2 is 0.577 bits per heavy atom. The third-order valence-electron chi connectivity index (χ3n) is 14.9. The maximum atomic E-state index is 2.60. The van der Waals surface area contributed by atoms with Crippen molar-refractivity contribution < 1.29 is 0 Å². The molecule has 2 heterocycles. The van der Waals surface area contributed by atoms with Gasteiger partial charge in [0.05, 0.1) is 27.8 Å². The maximum absolute atomic E-state index is 3.08. The summed E-state index contributed by atoms with van der Waals surface area (Å²) in [5.41, 5.74) is 7.16. The zero-order chi connectivity index (χ0) is 47.4. The molecule has 0 aliphatic carbocycles. The van der Waals surface area contributed by atoms with Gasteiger partial charge in [-0.15, -0.1) is 0 Å². The standard InChI is InChI=1S/C66H47IN2Si2/c67-61-44-42-56(71(52-30-12-4-13-31-52,53-32-14-5-15-33-53)54-34-22-23-48(45-54)68-62-38-19-16-35-57(62)58-36-17-20-39-63(58)68)47-66(61)69-64-40-21-18-37-59(64)60-43-41-55(46-65(60)69)70(49-24-6-1-7-25-49,50-26-8-2-9-27-50)51-28-10-3-11-29-51/h1-47H. The van der Waals surface area contributed by atoms with Gasteiger partial charge < -0.3 is 9.13 Å². The lowest BCUT2D eigenvalue weighted by Gasteiger charge is -2.35. The second kappa shape index (κ2) is 17.9. The van der Waals surface area contributed by atoms with E-state index in [4.69, 9.17) is 0 Å². The lowest BCUT2D eigenvalue weighted by atomic mass is 10.1. The quantitative estimate of drug-likeness (QED) is 0.0734. The van der Waals surface area contributed by atoms with Crippen molar-refractivity contribution >= 4 is 124 Å². The Balaban J connectivity index is 1.10. The number of hydrogen-bond donors (Lipinski definition) is 0. The Kier molecular flexibility index (Phi) is 10.9. The number of nitrogens with zero attached hydrogens (tertiary/aromatic N) is 2. The van der Waals surface area contributed by atoms with Crippen LogP contribution in [-0.2, 0) is 0 Å². The fourth-order valence-corrected chi connectivity index (χ4v) is 22.0. The lowest BCUT2D eigenvalue weighted by Crippen LogP contribution is -2.74. The van der Waals surface area contributed by atoms with Crippen molar-refractivity contribution in [1.29, 1.82) is 0 Å². The molecule has 0 N–H and O–H groups in total. The number of rotatable bonds is 10. The van der Waals surface area contributed by atoms with Gasteiger partial charge in [0.15, 0.2) is 16.1 Å². The van der Waals surface area contributed by atoms with Crippen LogP contribution in [-0.4, -0.2) is 25.3 Å². The van der Waals surface area contributed by atoms with Crippen molar-refractivity contribution in [3.05, 3.63) is 289 Å². The summed E-state index contributed by atoms with van der Waals surface area (Å²) in [6.07, 6.45) is 0. The molecule has 0 aliphatic heterocycles. The average molecular weight is 1050 g/mol. The fourth-order valence-electron chi connectivity index (χ4n) is 11.9. The number of para-hydroxylation sites is 3. The molecule has 0 fully saturated rings. The van der Waals surface area contributed by atoms with E-state index < -0.39 is 16.1 Å². The zero-order valence-corrected chi connectivity index (χ0v) is 43.1. The zero-order valence-electron chi connectivity index (χ0n) is 38.9. The van der Waals surface area contributed by atoms with E-state index in [1.54, 1.807) is 0 Å².